The molecule has 2 aliphatic heterocycles. The molecule has 26 heavy (non-hydrogen) atoms. The zero-order valence-corrected chi connectivity index (χ0v) is 16.1. The molecule has 2 aromatic rings. The van der Waals surface area contributed by atoms with E-state index in [1.54, 1.807) is 0 Å². The average Bonchev–Trinajstić information content (AvgIpc) is 3.11. The zero-order valence-electron chi connectivity index (χ0n) is 15.3. The van der Waals surface area contributed by atoms with E-state index in [0.717, 1.165) is 43.0 Å². The fourth-order valence-electron chi connectivity index (χ4n) is 4.17. The monoisotopic (exact) mass is 372 g/mol. The van der Waals surface area contributed by atoms with Gasteiger partial charge in [-0.15, -0.1) is 0 Å². The molecular weight excluding hydrogens is 344 g/mol. The number of nitrogens with one attached hydrogen (secondary N) is 1. The molecule has 1 aromatic carbocycles. The zero-order chi connectivity index (χ0) is 17.8. The van der Waals surface area contributed by atoms with Crippen LogP contribution in [0, 0.1) is 0 Å². The van der Waals surface area contributed by atoms with Gasteiger partial charge in [0.1, 0.15) is 0 Å². The third-order valence-electron chi connectivity index (χ3n) is 5.71. The molecule has 2 aliphatic rings. The van der Waals surface area contributed by atoms with Crippen LogP contribution in [0.1, 0.15) is 32.1 Å². The summed E-state index contributed by atoms with van der Waals surface area (Å²) in [6, 6.07) is 9.19. The van der Waals surface area contributed by atoms with E-state index >= 15 is 0 Å². The molecule has 1 amide bonds. The standard InChI is InChI=1S/C20H28N4OS/c25-20(7-12-24-15-21-18-3-1-2-4-19(18)24)22-16-5-10-23(11-6-16)17-8-13-26-14-9-17/h1-4,15-17H,5-14H2,(H,22,25). The van der Waals surface area contributed by atoms with Gasteiger partial charge in [-0.05, 0) is 49.3 Å². The number of para-hydroxylation sites is 2. The van der Waals surface area contributed by atoms with Crippen LogP contribution in [0.3, 0.4) is 0 Å². The molecule has 0 unspecified atom stereocenters. The van der Waals surface area contributed by atoms with Crippen LogP contribution < -0.4 is 5.32 Å². The number of fused-ring (bicyclic) bond motifs is 1. The number of aromatic nitrogens is 2. The minimum Gasteiger partial charge on any atom is -0.353 e. The largest absolute Gasteiger partial charge is 0.353 e. The first-order chi connectivity index (χ1) is 12.8. The van der Waals surface area contributed by atoms with Gasteiger partial charge in [0.25, 0.3) is 0 Å². The maximum absolute atomic E-state index is 12.4. The summed E-state index contributed by atoms with van der Waals surface area (Å²) in [6.45, 7) is 2.95. The Bertz CT molecular complexity index is 732. The summed E-state index contributed by atoms with van der Waals surface area (Å²) in [7, 11) is 0. The van der Waals surface area contributed by atoms with Crippen LogP contribution >= 0.6 is 11.8 Å². The van der Waals surface area contributed by atoms with Crippen molar-refractivity contribution < 1.29 is 4.79 Å². The lowest BCUT2D eigenvalue weighted by atomic mass is 10.0. The maximum Gasteiger partial charge on any atom is 0.222 e. The van der Waals surface area contributed by atoms with Gasteiger partial charge < -0.3 is 14.8 Å². The Hall–Kier alpha value is -1.53. The molecule has 0 bridgehead atoms. The van der Waals surface area contributed by atoms with Crippen LogP contribution in [0.5, 0.6) is 0 Å². The minimum absolute atomic E-state index is 0.162. The van der Waals surface area contributed by atoms with E-state index in [1.807, 2.05) is 24.5 Å². The number of thioether (sulfide) groups is 1. The van der Waals surface area contributed by atoms with E-state index in [-0.39, 0.29) is 5.91 Å². The van der Waals surface area contributed by atoms with Crippen LogP contribution in [0.2, 0.25) is 0 Å². The molecule has 6 heteroatoms. The van der Waals surface area contributed by atoms with Gasteiger partial charge in [0.15, 0.2) is 0 Å². The van der Waals surface area contributed by atoms with E-state index in [0.29, 0.717) is 19.0 Å². The minimum atomic E-state index is 0.162. The summed E-state index contributed by atoms with van der Waals surface area (Å²) in [6.07, 6.45) is 7.19. The number of imidazole rings is 1. The van der Waals surface area contributed by atoms with Crippen molar-refractivity contribution in [3.05, 3.63) is 30.6 Å². The van der Waals surface area contributed by atoms with E-state index in [4.69, 9.17) is 0 Å². The third kappa shape index (κ3) is 4.23. The number of rotatable bonds is 5. The Labute approximate surface area is 159 Å². The van der Waals surface area contributed by atoms with Crippen molar-refractivity contribution in [3.63, 3.8) is 0 Å². The highest BCUT2D eigenvalue weighted by Gasteiger charge is 2.26. The Kier molecular flexibility index (Phi) is 5.80. The van der Waals surface area contributed by atoms with Gasteiger partial charge >= 0.3 is 0 Å². The number of hydrogen-bond acceptors (Lipinski definition) is 4. The Morgan fingerprint density at radius 3 is 2.73 bits per heavy atom. The van der Waals surface area contributed by atoms with Crippen molar-refractivity contribution in [2.45, 2.75) is 50.7 Å². The van der Waals surface area contributed by atoms with Crippen molar-refractivity contribution in [1.82, 2.24) is 19.8 Å². The quantitative estimate of drug-likeness (QED) is 0.877. The molecule has 140 valence electrons. The number of aryl methyl sites for hydroxylation is 1. The summed E-state index contributed by atoms with van der Waals surface area (Å²) >= 11 is 2.09. The van der Waals surface area contributed by atoms with Gasteiger partial charge in [-0.1, -0.05) is 12.1 Å². The van der Waals surface area contributed by atoms with Crippen molar-refractivity contribution in [2.75, 3.05) is 24.6 Å². The molecule has 5 nitrogen and oxygen atoms in total. The molecule has 4 rings (SSSR count). The lowest BCUT2D eigenvalue weighted by Gasteiger charge is -2.39. The van der Waals surface area contributed by atoms with E-state index in [9.17, 15) is 4.79 Å². The molecule has 3 heterocycles. The van der Waals surface area contributed by atoms with E-state index < -0.39 is 0 Å². The number of carbonyl (C=O) groups excluding carboxylic acids is 1. The van der Waals surface area contributed by atoms with Crippen molar-refractivity contribution in [3.8, 4) is 0 Å². The van der Waals surface area contributed by atoms with Gasteiger partial charge in [-0.25, -0.2) is 4.98 Å². The number of amides is 1. The predicted octanol–water partition coefficient (Wildman–Crippen LogP) is 2.90. The highest BCUT2D eigenvalue weighted by molar-refractivity contribution is 7.99. The fraction of sp³-hybridized carbons (Fsp3) is 0.600. The molecule has 0 saturated carbocycles. The van der Waals surface area contributed by atoms with Crippen molar-refractivity contribution in [1.29, 1.82) is 0 Å². The van der Waals surface area contributed by atoms with Gasteiger partial charge in [0.05, 0.1) is 17.4 Å². The number of benzene rings is 1. The second-order valence-corrected chi connectivity index (χ2v) is 8.62. The molecule has 0 aliphatic carbocycles. The van der Waals surface area contributed by atoms with E-state index in [1.165, 1.54) is 24.3 Å². The average molecular weight is 373 g/mol. The summed E-state index contributed by atoms with van der Waals surface area (Å²) in [5, 5.41) is 3.25. The smallest absolute Gasteiger partial charge is 0.222 e. The Morgan fingerprint density at radius 1 is 1.15 bits per heavy atom. The van der Waals surface area contributed by atoms with Crippen LogP contribution in [0.4, 0.5) is 0 Å². The Morgan fingerprint density at radius 2 is 1.92 bits per heavy atom. The summed E-state index contributed by atoms with van der Waals surface area (Å²) in [5.74, 6) is 2.78. The van der Waals surface area contributed by atoms with Crippen molar-refractivity contribution in [2.24, 2.45) is 0 Å². The molecule has 2 fully saturated rings. The number of carbonyl (C=O) groups is 1. The molecule has 2 saturated heterocycles. The first-order valence-corrected chi connectivity index (χ1v) is 11.0. The summed E-state index contributed by atoms with van der Waals surface area (Å²) in [5.41, 5.74) is 2.08. The molecule has 0 radical (unpaired) electrons. The lowest BCUT2D eigenvalue weighted by molar-refractivity contribution is -0.122. The second-order valence-electron chi connectivity index (χ2n) is 7.40. The third-order valence-corrected chi connectivity index (χ3v) is 6.76. The molecule has 0 atom stereocenters. The highest BCUT2D eigenvalue weighted by Crippen LogP contribution is 2.24. The van der Waals surface area contributed by atoms with Crippen LogP contribution in [0.25, 0.3) is 11.0 Å². The van der Waals surface area contributed by atoms with E-state index in [2.05, 4.69) is 37.6 Å². The maximum atomic E-state index is 12.4. The number of hydrogen-bond donors (Lipinski definition) is 1. The van der Waals surface area contributed by atoms with Crippen LogP contribution in [-0.4, -0.2) is 57.0 Å². The predicted molar refractivity (Wildman–Crippen MR) is 107 cm³/mol. The topological polar surface area (TPSA) is 50.2 Å². The molecule has 1 aromatic heterocycles. The number of nitrogens with zero attached hydrogens (tertiary/aromatic N) is 3. The molecule has 0 spiro atoms. The number of likely N-dealkylation sites (tertiary alicyclic amines) is 1. The first kappa shape index (κ1) is 17.9. The first-order valence-electron chi connectivity index (χ1n) is 9.80. The summed E-state index contributed by atoms with van der Waals surface area (Å²) in [4.78, 5) is 19.4. The lowest BCUT2D eigenvalue weighted by Crippen LogP contribution is -2.48. The van der Waals surface area contributed by atoms with Gasteiger partial charge in [0, 0.05) is 38.1 Å². The van der Waals surface area contributed by atoms with Gasteiger partial charge in [-0.2, -0.15) is 11.8 Å². The summed E-state index contributed by atoms with van der Waals surface area (Å²) < 4.78 is 2.07. The number of piperidine rings is 1. The normalized spacial score (nSPS) is 20.5. The second kappa shape index (κ2) is 8.44. The van der Waals surface area contributed by atoms with Gasteiger partial charge in [0.2, 0.25) is 5.91 Å². The van der Waals surface area contributed by atoms with Crippen LogP contribution in [-0.2, 0) is 11.3 Å². The SMILES string of the molecule is O=C(CCn1cnc2ccccc21)NC1CCN(C2CCSCC2)CC1. The van der Waals surface area contributed by atoms with Gasteiger partial charge in [-0.3, -0.25) is 4.79 Å². The van der Waals surface area contributed by atoms with Crippen molar-refractivity contribution >= 4 is 28.7 Å². The highest BCUT2D eigenvalue weighted by atomic mass is 32.2. The molecule has 1 N–H and O–H groups in total. The Balaban J connectivity index is 1.22. The molecular formula is C20H28N4OS. The fourth-order valence-corrected chi connectivity index (χ4v) is 5.25. The van der Waals surface area contributed by atoms with Crippen LogP contribution in [0.15, 0.2) is 30.6 Å².